The first kappa shape index (κ1) is 17.1. The molecular formula is C20H19N3O4. The van der Waals surface area contributed by atoms with E-state index in [1.807, 2.05) is 31.2 Å². The summed E-state index contributed by atoms with van der Waals surface area (Å²) < 4.78 is 5.40. The van der Waals surface area contributed by atoms with Crippen molar-refractivity contribution in [2.45, 2.75) is 13.0 Å². The Morgan fingerprint density at radius 2 is 2.00 bits per heavy atom. The number of hydrogen-bond acceptors (Lipinski definition) is 4. The average Bonchev–Trinajstić information content (AvgIpc) is 2.67. The largest absolute Gasteiger partial charge is 0.482 e. The van der Waals surface area contributed by atoms with Crippen molar-refractivity contribution in [1.82, 2.24) is 10.2 Å². The van der Waals surface area contributed by atoms with Gasteiger partial charge in [-0.2, -0.15) is 0 Å². The summed E-state index contributed by atoms with van der Waals surface area (Å²) in [5, 5.41) is 5.55. The van der Waals surface area contributed by atoms with Gasteiger partial charge in [-0.3, -0.25) is 14.4 Å². The maximum absolute atomic E-state index is 13.2. The van der Waals surface area contributed by atoms with Crippen LogP contribution in [0.2, 0.25) is 0 Å². The lowest BCUT2D eigenvalue weighted by Crippen LogP contribution is -2.52. The quantitative estimate of drug-likeness (QED) is 0.847. The van der Waals surface area contributed by atoms with Gasteiger partial charge in [-0.05, 0) is 36.2 Å². The van der Waals surface area contributed by atoms with E-state index in [2.05, 4.69) is 10.6 Å². The van der Waals surface area contributed by atoms with Gasteiger partial charge in [0.1, 0.15) is 11.8 Å². The Morgan fingerprint density at radius 3 is 2.81 bits per heavy atom. The molecule has 1 saturated heterocycles. The number of ether oxygens (including phenoxy) is 1. The van der Waals surface area contributed by atoms with Crippen LogP contribution in [0.15, 0.2) is 42.5 Å². The summed E-state index contributed by atoms with van der Waals surface area (Å²) in [4.78, 5) is 38.8. The molecule has 2 heterocycles. The minimum absolute atomic E-state index is 0.0808. The Morgan fingerprint density at radius 1 is 1.19 bits per heavy atom. The average molecular weight is 365 g/mol. The van der Waals surface area contributed by atoms with Crippen LogP contribution in [0.5, 0.6) is 5.75 Å². The molecule has 0 aromatic heterocycles. The van der Waals surface area contributed by atoms with Gasteiger partial charge in [-0.15, -0.1) is 0 Å². The number of rotatable bonds is 2. The summed E-state index contributed by atoms with van der Waals surface area (Å²) in [7, 11) is 0. The minimum Gasteiger partial charge on any atom is -0.482 e. The number of aryl methyl sites for hydroxylation is 1. The molecule has 1 atom stereocenters. The number of piperazine rings is 1. The predicted octanol–water partition coefficient (Wildman–Crippen LogP) is 1.64. The molecule has 0 aliphatic carbocycles. The highest BCUT2D eigenvalue weighted by Crippen LogP contribution is 2.31. The first-order chi connectivity index (χ1) is 13.0. The van der Waals surface area contributed by atoms with Gasteiger partial charge >= 0.3 is 0 Å². The summed E-state index contributed by atoms with van der Waals surface area (Å²) in [6.45, 7) is 2.67. The van der Waals surface area contributed by atoms with Crippen LogP contribution in [-0.4, -0.2) is 42.3 Å². The number of nitrogens with zero attached hydrogens (tertiary/aromatic N) is 1. The fraction of sp³-hybridized carbons (Fsp3) is 0.250. The van der Waals surface area contributed by atoms with Gasteiger partial charge in [0, 0.05) is 18.7 Å². The molecule has 1 fully saturated rings. The SMILES string of the molecule is Cc1ccccc1[C@H]1C(=O)NCCN1C(=O)c1ccc2c(c1)OCC(=O)N2. The molecule has 7 heteroatoms. The number of carbonyl (C=O) groups excluding carboxylic acids is 3. The summed E-state index contributed by atoms with van der Waals surface area (Å²) in [6.07, 6.45) is 0. The third kappa shape index (κ3) is 3.12. The van der Waals surface area contributed by atoms with Gasteiger partial charge in [-0.1, -0.05) is 24.3 Å². The maximum Gasteiger partial charge on any atom is 0.262 e. The lowest BCUT2D eigenvalue weighted by Gasteiger charge is -2.36. The van der Waals surface area contributed by atoms with Gasteiger partial charge in [0.05, 0.1) is 5.69 Å². The Kier molecular flexibility index (Phi) is 4.27. The van der Waals surface area contributed by atoms with E-state index >= 15 is 0 Å². The summed E-state index contributed by atoms with van der Waals surface area (Å²) >= 11 is 0. The molecule has 0 radical (unpaired) electrons. The summed E-state index contributed by atoms with van der Waals surface area (Å²) in [6, 6.07) is 11.8. The zero-order valence-corrected chi connectivity index (χ0v) is 14.8. The van der Waals surface area contributed by atoms with Crippen molar-refractivity contribution in [2.24, 2.45) is 0 Å². The van der Waals surface area contributed by atoms with Gasteiger partial charge < -0.3 is 20.3 Å². The first-order valence-corrected chi connectivity index (χ1v) is 8.75. The highest BCUT2D eigenvalue weighted by atomic mass is 16.5. The van der Waals surface area contributed by atoms with E-state index in [1.165, 1.54) is 0 Å². The van der Waals surface area contributed by atoms with E-state index in [-0.39, 0.29) is 24.3 Å². The number of hydrogen-bond donors (Lipinski definition) is 2. The second-order valence-electron chi connectivity index (χ2n) is 6.60. The van der Waals surface area contributed by atoms with E-state index in [4.69, 9.17) is 4.74 Å². The summed E-state index contributed by atoms with van der Waals surface area (Å²) in [5.74, 6) is -0.213. The Hall–Kier alpha value is -3.35. The number of nitrogens with one attached hydrogen (secondary N) is 2. The molecule has 27 heavy (non-hydrogen) atoms. The third-order valence-corrected chi connectivity index (χ3v) is 4.82. The second-order valence-corrected chi connectivity index (χ2v) is 6.60. The zero-order valence-electron chi connectivity index (χ0n) is 14.8. The van der Waals surface area contributed by atoms with Gasteiger partial charge in [0.15, 0.2) is 6.61 Å². The van der Waals surface area contributed by atoms with Gasteiger partial charge in [-0.25, -0.2) is 0 Å². The van der Waals surface area contributed by atoms with Crippen molar-refractivity contribution in [3.8, 4) is 5.75 Å². The maximum atomic E-state index is 13.2. The number of benzene rings is 2. The van der Waals surface area contributed by atoms with E-state index in [0.717, 1.165) is 11.1 Å². The lowest BCUT2D eigenvalue weighted by molar-refractivity contribution is -0.128. The van der Waals surface area contributed by atoms with Crippen molar-refractivity contribution in [1.29, 1.82) is 0 Å². The van der Waals surface area contributed by atoms with E-state index in [1.54, 1.807) is 23.1 Å². The van der Waals surface area contributed by atoms with E-state index in [0.29, 0.717) is 30.1 Å². The number of carbonyl (C=O) groups is 3. The van der Waals surface area contributed by atoms with Crippen molar-refractivity contribution in [3.05, 3.63) is 59.2 Å². The predicted molar refractivity (Wildman–Crippen MR) is 98.5 cm³/mol. The zero-order chi connectivity index (χ0) is 19.0. The molecule has 138 valence electrons. The van der Waals surface area contributed by atoms with Gasteiger partial charge in [0.2, 0.25) is 5.91 Å². The highest BCUT2D eigenvalue weighted by molar-refractivity contribution is 6.01. The standard InChI is InChI=1S/C20H19N3O4/c1-12-4-2-3-5-14(12)18-19(25)21-8-9-23(18)20(26)13-6-7-15-16(10-13)27-11-17(24)22-15/h2-7,10,18H,8-9,11H2,1H3,(H,21,25)(H,22,24)/t18-/m0/s1. The van der Waals surface area contributed by atoms with Crippen LogP contribution < -0.4 is 15.4 Å². The first-order valence-electron chi connectivity index (χ1n) is 8.75. The third-order valence-electron chi connectivity index (χ3n) is 4.82. The Labute approximate surface area is 156 Å². The summed E-state index contributed by atoms with van der Waals surface area (Å²) in [5.41, 5.74) is 2.71. The molecule has 0 saturated carbocycles. The van der Waals surface area contributed by atoms with Gasteiger partial charge in [0.25, 0.3) is 11.8 Å². The van der Waals surface area contributed by atoms with Crippen molar-refractivity contribution >= 4 is 23.4 Å². The smallest absolute Gasteiger partial charge is 0.262 e. The van der Waals surface area contributed by atoms with Crippen LogP contribution in [0.4, 0.5) is 5.69 Å². The molecule has 3 amide bonds. The van der Waals surface area contributed by atoms with E-state index in [9.17, 15) is 14.4 Å². The van der Waals surface area contributed by atoms with Crippen LogP contribution in [0.1, 0.15) is 27.5 Å². The monoisotopic (exact) mass is 365 g/mol. The lowest BCUT2D eigenvalue weighted by atomic mass is 9.97. The van der Waals surface area contributed by atoms with Crippen LogP contribution in [0, 0.1) is 6.92 Å². The number of fused-ring (bicyclic) bond motifs is 1. The molecule has 0 bridgehead atoms. The minimum atomic E-state index is -0.677. The molecule has 2 N–H and O–H groups in total. The Balaban J connectivity index is 1.68. The van der Waals surface area contributed by atoms with Crippen molar-refractivity contribution < 1.29 is 19.1 Å². The van der Waals surface area contributed by atoms with Crippen LogP contribution in [0.3, 0.4) is 0 Å². The number of amides is 3. The van der Waals surface area contributed by atoms with Crippen LogP contribution in [-0.2, 0) is 9.59 Å². The highest BCUT2D eigenvalue weighted by Gasteiger charge is 2.35. The molecule has 2 aliphatic rings. The number of anilines is 1. The van der Waals surface area contributed by atoms with Crippen LogP contribution >= 0.6 is 0 Å². The van der Waals surface area contributed by atoms with Crippen molar-refractivity contribution in [3.63, 3.8) is 0 Å². The molecule has 7 nitrogen and oxygen atoms in total. The van der Waals surface area contributed by atoms with E-state index < -0.39 is 6.04 Å². The normalized spacial score (nSPS) is 18.9. The van der Waals surface area contributed by atoms with Crippen molar-refractivity contribution in [2.75, 3.05) is 25.0 Å². The fourth-order valence-electron chi connectivity index (χ4n) is 3.46. The molecule has 2 aromatic carbocycles. The molecule has 0 unspecified atom stereocenters. The Bertz CT molecular complexity index is 941. The molecule has 0 spiro atoms. The second kappa shape index (κ2) is 6.75. The van der Waals surface area contributed by atoms with Crippen LogP contribution in [0.25, 0.3) is 0 Å². The molecule has 2 aromatic rings. The topological polar surface area (TPSA) is 87.7 Å². The molecule has 4 rings (SSSR count). The molecule has 2 aliphatic heterocycles. The fourth-order valence-corrected chi connectivity index (χ4v) is 3.46. The molecular weight excluding hydrogens is 346 g/mol.